The number of anilines is 2. The highest BCUT2D eigenvalue weighted by atomic mass is 32.2. The zero-order valence-corrected chi connectivity index (χ0v) is 15.6. The first kappa shape index (κ1) is 19.7. The van der Waals surface area contributed by atoms with E-state index < -0.39 is 9.84 Å². The largest absolute Gasteiger partial charge is 0.326 e. The van der Waals surface area contributed by atoms with Gasteiger partial charge in [0.15, 0.2) is 9.84 Å². The van der Waals surface area contributed by atoms with Crippen LogP contribution in [0.4, 0.5) is 11.4 Å². The number of carbonyl (C=O) groups excluding carboxylic acids is 2. The van der Waals surface area contributed by atoms with Gasteiger partial charge in [-0.2, -0.15) is 0 Å². The fraction of sp³-hybridized carbons (Fsp3) is 0.263. The first-order chi connectivity index (χ1) is 12.3. The van der Waals surface area contributed by atoms with E-state index in [-0.39, 0.29) is 17.6 Å². The third-order valence-electron chi connectivity index (χ3n) is 3.53. The first-order valence-corrected chi connectivity index (χ1v) is 10.3. The van der Waals surface area contributed by atoms with E-state index in [0.717, 1.165) is 6.42 Å². The highest BCUT2D eigenvalue weighted by Crippen LogP contribution is 2.17. The van der Waals surface area contributed by atoms with Gasteiger partial charge in [-0.1, -0.05) is 25.1 Å². The molecule has 0 aromatic heterocycles. The van der Waals surface area contributed by atoms with E-state index in [4.69, 9.17) is 0 Å². The van der Waals surface area contributed by atoms with Crippen molar-refractivity contribution >= 4 is 33.0 Å². The lowest BCUT2D eigenvalue weighted by molar-refractivity contribution is -0.116. The minimum atomic E-state index is -3.11. The number of hydrogen-bond acceptors (Lipinski definition) is 4. The summed E-state index contributed by atoms with van der Waals surface area (Å²) in [5.74, 6) is -0.445. The van der Waals surface area contributed by atoms with Gasteiger partial charge in [-0.05, 0) is 42.3 Å². The summed E-state index contributed by atoms with van der Waals surface area (Å²) < 4.78 is 22.6. The summed E-state index contributed by atoms with van der Waals surface area (Å²) >= 11 is 0. The van der Waals surface area contributed by atoms with Gasteiger partial charge in [0.2, 0.25) is 5.91 Å². The molecule has 0 aliphatic rings. The van der Waals surface area contributed by atoms with Crippen LogP contribution in [0.1, 0.15) is 35.7 Å². The zero-order valence-electron chi connectivity index (χ0n) is 14.8. The number of rotatable bonds is 7. The van der Waals surface area contributed by atoms with Crippen molar-refractivity contribution in [1.82, 2.24) is 0 Å². The Bertz CT molecular complexity index is 890. The highest BCUT2D eigenvalue weighted by Gasteiger charge is 2.09. The Hall–Kier alpha value is -2.67. The van der Waals surface area contributed by atoms with E-state index in [1.807, 2.05) is 6.92 Å². The molecular formula is C19H22N2O4S. The average molecular weight is 374 g/mol. The molecule has 6 nitrogen and oxygen atoms in total. The Labute approximate surface area is 153 Å². The fourth-order valence-electron chi connectivity index (χ4n) is 2.38. The summed E-state index contributed by atoms with van der Waals surface area (Å²) in [5, 5.41) is 5.54. The van der Waals surface area contributed by atoms with E-state index in [1.165, 1.54) is 6.26 Å². The van der Waals surface area contributed by atoms with E-state index in [0.29, 0.717) is 28.9 Å². The van der Waals surface area contributed by atoms with Crippen molar-refractivity contribution in [2.75, 3.05) is 16.9 Å². The van der Waals surface area contributed by atoms with Crippen LogP contribution in [-0.2, 0) is 20.4 Å². The summed E-state index contributed by atoms with van der Waals surface area (Å²) in [5.41, 5.74) is 2.22. The minimum Gasteiger partial charge on any atom is -0.326 e. The van der Waals surface area contributed by atoms with E-state index in [2.05, 4.69) is 10.6 Å². The molecule has 0 saturated heterocycles. The molecule has 2 rings (SSSR count). The summed E-state index contributed by atoms with van der Waals surface area (Å²) in [4.78, 5) is 24.0. The van der Waals surface area contributed by atoms with Gasteiger partial charge >= 0.3 is 0 Å². The molecule has 26 heavy (non-hydrogen) atoms. The van der Waals surface area contributed by atoms with Crippen LogP contribution >= 0.6 is 0 Å². The second kappa shape index (κ2) is 8.62. The third-order valence-corrected chi connectivity index (χ3v) is 4.38. The van der Waals surface area contributed by atoms with Gasteiger partial charge in [0.05, 0.1) is 5.75 Å². The molecule has 0 fully saturated rings. The van der Waals surface area contributed by atoms with Crippen LogP contribution in [0.2, 0.25) is 0 Å². The molecule has 0 bridgehead atoms. The fourth-order valence-corrected chi connectivity index (χ4v) is 3.18. The van der Waals surface area contributed by atoms with Crippen molar-refractivity contribution in [2.24, 2.45) is 0 Å². The number of nitrogens with one attached hydrogen (secondary N) is 2. The van der Waals surface area contributed by atoms with E-state index >= 15 is 0 Å². The predicted molar refractivity (Wildman–Crippen MR) is 103 cm³/mol. The van der Waals surface area contributed by atoms with Crippen LogP contribution in [0.3, 0.4) is 0 Å². The van der Waals surface area contributed by atoms with Crippen molar-refractivity contribution in [2.45, 2.75) is 25.5 Å². The zero-order chi connectivity index (χ0) is 19.2. The molecule has 0 unspecified atom stereocenters. The maximum Gasteiger partial charge on any atom is 0.255 e. The van der Waals surface area contributed by atoms with Gasteiger partial charge in [-0.3, -0.25) is 9.59 Å². The molecule has 0 atom stereocenters. The monoisotopic (exact) mass is 374 g/mol. The van der Waals surface area contributed by atoms with Crippen molar-refractivity contribution < 1.29 is 18.0 Å². The maximum absolute atomic E-state index is 12.3. The van der Waals surface area contributed by atoms with E-state index in [1.54, 1.807) is 48.5 Å². The Balaban J connectivity index is 2.04. The Morgan fingerprint density at radius 2 is 1.58 bits per heavy atom. The number of sulfone groups is 1. The van der Waals surface area contributed by atoms with Crippen LogP contribution in [0.25, 0.3) is 0 Å². The van der Waals surface area contributed by atoms with Crippen LogP contribution in [0.5, 0.6) is 0 Å². The average Bonchev–Trinajstić information content (AvgIpc) is 2.54. The van der Waals surface area contributed by atoms with Crippen LogP contribution in [0.15, 0.2) is 48.5 Å². The lowest BCUT2D eigenvalue weighted by atomic mass is 10.1. The third kappa shape index (κ3) is 6.33. The maximum atomic E-state index is 12.3. The highest BCUT2D eigenvalue weighted by molar-refractivity contribution is 7.89. The van der Waals surface area contributed by atoms with E-state index in [9.17, 15) is 18.0 Å². The standard InChI is InChI=1S/C19H22N2O4S/c1-3-5-18(22)20-16-6-4-7-17(12-16)21-19(23)15-10-8-14(9-11-15)13-26(2,24)25/h4,6-12H,3,5,13H2,1-2H3,(H,20,22)(H,21,23). The summed E-state index contributed by atoms with van der Waals surface area (Å²) in [6.45, 7) is 1.93. The van der Waals surface area contributed by atoms with Crippen molar-refractivity contribution in [3.63, 3.8) is 0 Å². The molecule has 0 heterocycles. The number of carbonyl (C=O) groups is 2. The molecule has 0 radical (unpaired) electrons. The summed E-state index contributed by atoms with van der Waals surface area (Å²) in [7, 11) is -3.11. The predicted octanol–water partition coefficient (Wildman–Crippen LogP) is 3.22. The number of benzene rings is 2. The molecule has 0 aliphatic heterocycles. The molecule has 2 aromatic carbocycles. The molecule has 0 aliphatic carbocycles. The van der Waals surface area contributed by atoms with Gasteiger partial charge in [-0.15, -0.1) is 0 Å². The molecule has 0 spiro atoms. The Kier molecular flexibility index (Phi) is 6.52. The van der Waals surface area contributed by atoms with Crippen molar-refractivity contribution in [3.8, 4) is 0 Å². The van der Waals surface area contributed by atoms with Gasteiger partial charge in [-0.25, -0.2) is 8.42 Å². The van der Waals surface area contributed by atoms with Crippen LogP contribution < -0.4 is 10.6 Å². The molecule has 2 N–H and O–H groups in total. The summed E-state index contributed by atoms with van der Waals surface area (Å²) in [6.07, 6.45) is 2.37. The van der Waals surface area contributed by atoms with Gasteiger partial charge in [0.25, 0.3) is 5.91 Å². The van der Waals surface area contributed by atoms with Crippen LogP contribution in [0, 0.1) is 0 Å². The van der Waals surface area contributed by atoms with Gasteiger partial charge in [0, 0.05) is 29.6 Å². The lowest BCUT2D eigenvalue weighted by Gasteiger charge is -2.09. The van der Waals surface area contributed by atoms with Gasteiger partial charge in [0.1, 0.15) is 0 Å². The second-order valence-electron chi connectivity index (χ2n) is 6.10. The molecule has 138 valence electrons. The quantitative estimate of drug-likeness (QED) is 0.778. The molecule has 7 heteroatoms. The normalized spacial score (nSPS) is 11.0. The molecule has 2 aromatic rings. The Morgan fingerprint density at radius 3 is 2.15 bits per heavy atom. The van der Waals surface area contributed by atoms with Gasteiger partial charge < -0.3 is 10.6 Å². The van der Waals surface area contributed by atoms with Crippen molar-refractivity contribution in [1.29, 1.82) is 0 Å². The molecule has 0 saturated carbocycles. The second-order valence-corrected chi connectivity index (χ2v) is 8.24. The topological polar surface area (TPSA) is 92.3 Å². The smallest absolute Gasteiger partial charge is 0.255 e. The molecule has 2 amide bonds. The van der Waals surface area contributed by atoms with Crippen molar-refractivity contribution in [3.05, 3.63) is 59.7 Å². The minimum absolute atomic E-state index is 0.0611. The molecular weight excluding hydrogens is 352 g/mol. The summed E-state index contributed by atoms with van der Waals surface area (Å²) in [6, 6.07) is 13.3. The number of amides is 2. The van der Waals surface area contributed by atoms with Crippen LogP contribution in [-0.4, -0.2) is 26.5 Å². The Morgan fingerprint density at radius 1 is 0.962 bits per heavy atom. The lowest BCUT2D eigenvalue weighted by Crippen LogP contribution is -2.13. The first-order valence-electron chi connectivity index (χ1n) is 8.25. The number of hydrogen-bond donors (Lipinski definition) is 2. The SMILES string of the molecule is CCCC(=O)Nc1cccc(NC(=O)c2ccc(CS(C)(=O)=O)cc2)c1.